The summed E-state index contributed by atoms with van der Waals surface area (Å²) < 4.78 is 959. The predicted octanol–water partition coefficient (Wildman–Crippen LogP) is 16.1. The molecule has 6 saturated heterocycles. The van der Waals surface area contributed by atoms with E-state index in [1.165, 1.54) is 20.8 Å². The van der Waals surface area contributed by atoms with E-state index in [4.69, 9.17) is 136 Å². The molecule has 0 aliphatic carbocycles. The van der Waals surface area contributed by atoms with Crippen LogP contribution in [0.25, 0.3) is 0 Å². The summed E-state index contributed by atoms with van der Waals surface area (Å²) in [5, 5.41) is 0. The highest BCUT2D eigenvalue weighted by atomic mass is 32.2. The number of benzene rings is 6. The van der Waals surface area contributed by atoms with E-state index in [1.54, 1.807) is 0 Å². The third-order valence-corrected chi connectivity index (χ3v) is 17.6. The summed E-state index contributed by atoms with van der Waals surface area (Å²) in [7, 11) is -30.6. The zero-order valence-electron chi connectivity index (χ0n) is 160. The van der Waals surface area contributed by atoms with Gasteiger partial charge in [-0.3, -0.25) is 0 Å². The summed E-state index contributed by atoms with van der Waals surface area (Å²) >= 11 is 0. The molecule has 6 heterocycles. The van der Waals surface area contributed by atoms with E-state index in [9.17, 15) is 50.5 Å². The van der Waals surface area contributed by atoms with Crippen molar-refractivity contribution in [1.82, 2.24) is 29.4 Å². The molecule has 6 atom stereocenters. The Morgan fingerprint density at radius 2 is 0.500 bits per heavy atom. The number of hydrogen-bond donors (Lipinski definition) is 0. The fourth-order valence-electron chi connectivity index (χ4n) is 7.81. The molecule has 6 aliphatic heterocycles. The minimum Gasteiger partial charge on any atom is -0.303 e. The number of piperidine rings is 6. The van der Waals surface area contributed by atoms with Crippen molar-refractivity contribution < 1.29 is 186 Å². The van der Waals surface area contributed by atoms with Crippen LogP contribution in [0.4, 0.5) is 0 Å². The highest BCUT2D eigenvalue weighted by Gasteiger charge is 2.29. The summed E-state index contributed by atoms with van der Waals surface area (Å²) in [6, 6.07) is -33.5. The zero-order chi connectivity index (χ0) is 171. The Hall–Kier alpha value is -5.22. The van der Waals surface area contributed by atoms with Gasteiger partial charge in [0, 0.05) is 179 Å². The molecule has 6 unspecified atom stereocenters. The molecule has 6 aromatic rings. The molecule has 0 spiro atoms. The molecule has 636 valence electrons. The van der Waals surface area contributed by atoms with E-state index >= 15 is 0 Å². The molecular formula is C90H138N6O12S6. The molecule has 114 heavy (non-hydrogen) atoms. The molecule has 0 radical (unpaired) electrons. The maximum absolute atomic E-state index is 12.8. The average Bonchev–Trinajstić information content (AvgIpc) is 0.654. The minimum atomic E-state index is -5.78. The molecule has 24 heteroatoms. The lowest BCUT2D eigenvalue weighted by Crippen LogP contribution is -2.34. The van der Waals surface area contributed by atoms with Crippen LogP contribution in [0.1, 0.15) is 361 Å². The van der Waals surface area contributed by atoms with Crippen molar-refractivity contribution >= 4 is 59.0 Å². The average molecular weight is 1790 g/mol. The molecule has 0 aromatic heterocycles. The molecule has 0 amide bonds. The SMILES string of the molecule is [2H]c1c([2H])c(C2([2H])C([2H])([2H])N(C([2H])([2H])C([2H])([2H])C)C([2H])([2H])C([2H])([2H])C2([2H])[2H])c([2H])c(S(=O)(=O)C([2H])([2H])[2H])c1[2H].[2H]c1c([2H])c(C2([2H])C([2H])([2H])N(C([2H])([2H])C([2H])([2H])C)C([2H])([2H])C([2H])([2H])C2([2H])[2H])c([2H])c(S(C)(=O)=O)c1[2H].[2H]c1c([2H])c(C2([2H])C([2H])([2H])N(C([2H])([2H])CC)C([2H])([2H])C([2H])([2H])C2([2H])[2H])c([2H])c(S(=O)(=O)C([2H])([2H])[2H])c1[2H].[2H]c1c([2H])c(C2([2H])C([2H])([2H])N(C([2H])([2H])CC)C([2H])([2H])C([2H])([2H])C2([2H])[2H])c([2H])c(S(C)(=O)=O)c1[2H].[2H]c1c([2H])c(C2([2H])C([2H])([2H])N(CCC)C([2H])([2H])C([2H])([2H])C2([2H])[2H])c([2H])c(S(=O)(=O)C([2H])([2H])[2H])c1[2H].[2H]c1c([2H])c(C2([2H])C([2H])([2H])N(CCC)C([2H])([2H])C([2H])([2H])C2([2H])[2H])c([2H])c(S(C)(=O)=O)c1[2H]. The monoisotopic (exact) mass is 1790 g/mol. The van der Waals surface area contributed by atoms with Gasteiger partial charge < -0.3 is 29.4 Å². The van der Waals surface area contributed by atoms with Crippen LogP contribution in [0.3, 0.4) is 0 Å². The number of hydrogen-bond acceptors (Lipinski definition) is 18. The van der Waals surface area contributed by atoms with Crippen molar-refractivity contribution in [2.75, 3.05) is 154 Å². The van der Waals surface area contributed by atoms with E-state index in [1.807, 2.05) is 0 Å². The smallest absolute Gasteiger partial charge is 0.175 e. The van der Waals surface area contributed by atoms with Crippen LogP contribution in [0, 0.1) is 0 Å². The van der Waals surface area contributed by atoms with Gasteiger partial charge in [-0.1, -0.05) is 114 Å². The highest BCUT2D eigenvalue weighted by molar-refractivity contribution is 7.92. The molecular weight excluding hydrogens is 1550 g/mol. The van der Waals surface area contributed by atoms with Crippen molar-refractivity contribution in [3.05, 3.63) is 178 Å². The van der Waals surface area contributed by atoms with E-state index in [0.717, 1.165) is 6.92 Å². The Morgan fingerprint density at radius 1 is 0.307 bits per heavy atom. The van der Waals surface area contributed by atoms with Gasteiger partial charge in [-0.25, -0.2) is 50.5 Å². The zero-order valence-corrected chi connectivity index (χ0v) is 65.7. The second-order valence-electron chi connectivity index (χ2n) is 21.5. The predicted molar refractivity (Wildman–Crippen MR) is 470 cm³/mol. The second kappa shape index (κ2) is 46.4. The van der Waals surface area contributed by atoms with Crippen LogP contribution in [-0.4, -0.2) is 234 Å². The van der Waals surface area contributed by atoms with Crippen molar-refractivity contribution in [3.8, 4) is 0 Å². The first-order chi connectivity index (χ1) is 92.5. The van der Waals surface area contributed by atoms with Crippen LogP contribution in [0.2, 0.25) is 0 Å². The van der Waals surface area contributed by atoms with Gasteiger partial charge in [0.1, 0.15) is 0 Å². The summed E-state index contributed by atoms with van der Waals surface area (Å²) in [6.07, 6.45) is -65.4. The fraction of sp³-hybridized carbons (Fsp3) is 0.600. The van der Waals surface area contributed by atoms with Gasteiger partial charge in [-0.15, -0.1) is 0 Å². The Balaban J connectivity index is 0.000000338. The van der Waals surface area contributed by atoms with E-state index in [2.05, 4.69) is 0 Å². The van der Waals surface area contributed by atoms with Gasteiger partial charge in [0.05, 0.1) is 62.3 Å². The standard InChI is InChI=1S/6C15H23NO2S/c6*1-3-9-16-10-5-7-14(12-16)13-6-4-8-15(11-13)19(2,17)18/h6*4,6,8,11,14H,3,5,7,9-10,12H2,1-2H3/i2D3,3D2,4D,5D2,6D,7D2,8D,9D2,10D2,11D,12D2,14D;3D2,4D,5D2,6D,7D2,8D,9D2,10D2,11D,12D2,14D;2D3,4D,5D2,6D,7D2,8D,9D2,10D2,11D,12D2,14D;4D,5D2,6D,7D2,8D,9D2,10D2,11D,12D2,14D;2D3,4D,5D2,6D,7D2,8D,10D2,11D,12D2,14D;4D,5D2,6D,7D2,8D,10D2,11D,12D2,14D. The lowest BCUT2D eigenvalue weighted by molar-refractivity contribution is 0.208. The highest BCUT2D eigenvalue weighted by Crippen LogP contribution is 2.35. The van der Waals surface area contributed by atoms with Crippen LogP contribution in [-0.2, 0) is 59.0 Å². The molecule has 0 N–H and O–H groups in total. The van der Waals surface area contributed by atoms with E-state index in [-0.39, 0.29) is 22.6 Å². The Morgan fingerprint density at radius 3 is 0.684 bits per heavy atom. The number of likely N-dealkylation sites (tertiary alicyclic amines) is 6. The Bertz CT molecular complexity index is 9900. The Labute approximate surface area is 829 Å². The third-order valence-electron chi connectivity index (χ3n) is 12.6. The maximum Gasteiger partial charge on any atom is 0.175 e. The first kappa shape index (κ1) is 27.6. The third kappa shape index (κ3) is 32.1. The topological polar surface area (TPSA) is 224 Å². The Kier molecular flexibility index (Phi) is 11.2. The molecule has 6 aromatic carbocycles. The molecule has 6 aliphatic rings. The van der Waals surface area contributed by atoms with E-state index < -0.39 is 555 Å². The largest absolute Gasteiger partial charge is 0.303 e. The first-order valence-electron chi connectivity index (χ1n) is 81.3. The lowest BCUT2D eigenvalue weighted by Gasteiger charge is -2.32. The van der Waals surface area contributed by atoms with Crippen molar-refractivity contribution in [3.63, 3.8) is 0 Å². The number of rotatable bonds is 24. The van der Waals surface area contributed by atoms with Gasteiger partial charge in [-0.2, -0.15) is 0 Å². The van der Waals surface area contributed by atoms with Crippen LogP contribution in [0.5, 0.6) is 0 Å². The lowest BCUT2D eigenvalue weighted by atomic mass is 9.90. The van der Waals surface area contributed by atoms with E-state index in [0.29, 0.717) is 37.5 Å². The quantitative estimate of drug-likeness (QED) is 0.0549. The number of sulfone groups is 6. The van der Waals surface area contributed by atoms with Crippen LogP contribution in [0.15, 0.2) is 174 Å². The van der Waals surface area contributed by atoms with Gasteiger partial charge in [0.25, 0.3) is 0 Å². The molecule has 18 nitrogen and oxygen atoms in total. The first-order valence-corrected chi connectivity index (χ1v) is 41.9. The van der Waals surface area contributed by atoms with Crippen molar-refractivity contribution in [2.45, 2.75) is 221 Å². The molecule has 12 rings (SSSR count). The summed E-state index contributed by atoms with van der Waals surface area (Å²) in [4.78, 5) is -10.5. The van der Waals surface area contributed by atoms with Gasteiger partial charge in [0.2, 0.25) is 0 Å². The fourth-order valence-corrected chi connectivity index (χ4v) is 10.7. The van der Waals surface area contributed by atoms with Crippen LogP contribution < -0.4 is 0 Å². The van der Waals surface area contributed by atoms with Gasteiger partial charge in [0.15, 0.2) is 59.0 Å². The van der Waals surface area contributed by atoms with Gasteiger partial charge >= 0.3 is 0 Å². The molecule has 6 fully saturated rings. The second-order valence-corrected chi connectivity index (χ2v) is 31.6. The summed E-state index contributed by atoms with van der Waals surface area (Å²) in [5.74, 6) is -23.6. The minimum absolute atomic E-state index is 0.0102. The van der Waals surface area contributed by atoms with Crippen LogP contribution >= 0.6 is 0 Å². The number of nitrogens with zero attached hydrogens (tertiary/aromatic N) is 6. The van der Waals surface area contributed by atoms with Crippen molar-refractivity contribution in [2.24, 2.45) is 0 Å². The molecule has 0 saturated carbocycles. The van der Waals surface area contributed by atoms with Gasteiger partial charge in [-0.05, 0) is 334 Å². The van der Waals surface area contributed by atoms with Crippen molar-refractivity contribution in [1.29, 1.82) is 0 Å². The normalized spacial score (nSPS) is 49.7. The summed E-state index contributed by atoms with van der Waals surface area (Å²) in [6.45, 7) is -54.1. The molecule has 0 bridgehead atoms. The summed E-state index contributed by atoms with van der Waals surface area (Å²) in [5.41, 5.74) is -9.15. The maximum atomic E-state index is 12.8.